The molecule has 0 radical (unpaired) electrons. The third kappa shape index (κ3) is 2.47. The summed E-state index contributed by atoms with van der Waals surface area (Å²) in [4.78, 5) is 0. The van der Waals surface area contributed by atoms with Gasteiger partial charge >= 0.3 is 0 Å². The second-order valence-electron chi connectivity index (χ2n) is 5.35. The van der Waals surface area contributed by atoms with E-state index < -0.39 is 0 Å². The van der Waals surface area contributed by atoms with Crippen LogP contribution in [0.4, 0.5) is 0 Å². The molecule has 1 heterocycles. The lowest BCUT2D eigenvalue weighted by atomic mass is 9.95. The fraction of sp³-hybridized carbons (Fsp3) is 0.600. The average molecular weight is 231 g/mol. The van der Waals surface area contributed by atoms with Gasteiger partial charge in [0.25, 0.3) is 0 Å². The summed E-state index contributed by atoms with van der Waals surface area (Å²) in [5.74, 6) is 1.76. The maximum absolute atomic E-state index is 5.77. The first kappa shape index (κ1) is 11.1. The Labute approximate surface area is 103 Å². The predicted molar refractivity (Wildman–Crippen MR) is 69.7 cm³/mol. The minimum atomic E-state index is 0.592. The molecule has 1 fully saturated rings. The number of hydrogen-bond donors (Lipinski definition) is 1. The fourth-order valence-corrected chi connectivity index (χ4v) is 2.58. The Kier molecular flexibility index (Phi) is 3.06. The summed E-state index contributed by atoms with van der Waals surface area (Å²) in [6, 6.07) is 7.42. The van der Waals surface area contributed by atoms with Gasteiger partial charge in [-0.1, -0.05) is 25.1 Å². The lowest BCUT2D eigenvalue weighted by Gasteiger charge is -2.15. The highest BCUT2D eigenvalue weighted by atomic mass is 16.5. The third-order valence-electron chi connectivity index (χ3n) is 3.86. The van der Waals surface area contributed by atoms with Crippen molar-refractivity contribution in [2.24, 2.45) is 0 Å². The summed E-state index contributed by atoms with van der Waals surface area (Å²) in [5.41, 5.74) is 2.79. The van der Waals surface area contributed by atoms with Crippen LogP contribution >= 0.6 is 0 Å². The molecule has 92 valence electrons. The zero-order valence-corrected chi connectivity index (χ0v) is 10.5. The van der Waals surface area contributed by atoms with E-state index in [1.807, 2.05) is 0 Å². The fourth-order valence-electron chi connectivity index (χ4n) is 2.58. The Bertz CT molecular complexity index is 398. The minimum absolute atomic E-state index is 0.592. The van der Waals surface area contributed by atoms with Gasteiger partial charge in [0, 0.05) is 12.5 Å². The van der Waals surface area contributed by atoms with Gasteiger partial charge in [-0.3, -0.25) is 0 Å². The highest BCUT2D eigenvalue weighted by Gasteiger charge is 2.22. The van der Waals surface area contributed by atoms with Crippen LogP contribution in [0.3, 0.4) is 0 Å². The quantitative estimate of drug-likeness (QED) is 0.841. The Balaban J connectivity index is 1.63. The molecule has 1 aliphatic heterocycles. The monoisotopic (exact) mass is 231 g/mol. The molecule has 1 saturated carbocycles. The van der Waals surface area contributed by atoms with Crippen molar-refractivity contribution < 1.29 is 4.74 Å². The van der Waals surface area contributed by atoms with Crippen LogP contribution in [0.1, 0.15) is 43.2 Å². The molecule has 1 N–H and O–H groups in total. The zero-order chi connectivity index (χ0) is 11.7. The first-order valence-corrected chi connectivity index (χ1v) is 6.82. The van der Waals surface area contributed by atoms with E-state index in [0.717, 1.165) is 25.6 Å². The van der Waals surface area contributed by atoms with Gasteiger partial charge in [-0.2, -0.15) is 0 Å². The smallest absolute Gasteiger partial charge is 0.126 e. The molecule has 1 aromatic carbocycles. The van der Waals surface area contributed by atoms with Crippen LogP contribution in [0.2, 0.25) is 0 Å². The Morgan fingerprint density at radius 1 is 1.41 bits per heavy atom. The molecule has 1 unspecified atom stereocenters. The van der Waals surface area contributed by atoms with E-state index >= 15 is 0 Å². The second kappa shape index (κ2) is 4.69. The van der Waals surface area contributed by atoms with Crippen molar-refractivity contribution in [2.45, 2.75) is 44.6 Å². The number of rotatable bonds is 5. The number of para-hydroxylation sites is 1. The minimum Gasteiger partial charge on any atom is -0.493 e. The molecule has 1 atom stereocenters. The lowest BCUT2D eigenvalue weighted by molar-refractivity contribution is 0.351. The van der Waals surface area contributed by atoms with Crippen molar-refractivity contribution in [2.75, 3.05) is 13.2 Å². The van der Waals surface area contributed by atoms with Crippen molar-refractivity contribution in [1.82, 2.24) is 5.32 Å². The highest BCUT2D eigenvalue weighted by molar-refractivity contribution is 5.45. The number of benzene rings is 1. The summed E-state index contributed by atoms with van der Waals surface area (Å²) in [6.07, 6.45) is 5.03. The van der Waals surface area contributed by atoms with Gasteiger partial charge < -0.3 is 10.1 Å². The van der Waals surface area contributed by atoms with E-state index in [2.05, 4.69) is 30.4 Å². The van der Waals surface area contributed by atoms with Gasteiger partial charge in [0.2, 0.25) is 0 Å². The number of ether oxygens (including phenoxy) is 1. The molecule has 0 bridgehead atoms. The van der Waals surface area contributed by atoms with E-state index in [0.29, 0.717) is 5.92 Å². The molecule has 2 aliphatic rings. The lowest BCUT2D eigenvalue weighted by Crippen LogP contribution is -2.19. The summed E-state index contributed by atoms with van der Waals surface area (Å²) in [6.45, 7) is 4.31. The summed E-state index contributed by atoms with van der Waals surface area (Å²) < 4.78 is 5.77. The van der Waals surface area contributed by atoms with Crippen molar-refractivity contribution in [3.05, 3.63) is 29.3 Å². The van der Waals surface area contributed by atoms with Crippen molar-refractivity contribution in [1.29, 1.82) is 0 Å². The Morgan fingerprint density at radius 3 is 3.12 bits per heavy atom. The van der Waals surface area contributed by atoms with E-state index in [1.54, 1.807) is 0 Å². The third-order valence-corrected chi connectivity index (χ3v) is 3.86. The predicted octanol–water partition coefficient (Wildman–Crippen LogP) is 2.87. The Hall–Kier alpha value is -1.02. The number of fused-ring (bicyclic) bond motifs is 1. The standard InChI is InChI=1S/C15H21NO/c1-11(7-9-16-13-5-6-13)14-4-2-3-12-8-10-17-15(12)14/h2-4,11,13,16H,5-10H2,1H3. The van der Waals surface area contributed by atoms with Gasteiger partial charge in [-0.15, -0.1) is 0 Å². The normalized spacial score (nSPS) is 19.8. The van der Waals surface area contributed by atoms with Crippen LogP contribution in [0, 0.1) is 0 Å². The van der Waals surface area contributed by atoms with Gasteiger partial charge in [-0.25, -0.2) is 0 Å². The van der Waals surface area contributed by atoms with Gasteiger partial charge in [-0.05, 0) is 42.9 Å². The maximum atomic E-state index is 5.77. The van der Waals surface area contributed by atoms with Crippen LogP contribution in [0.25, 0.3) is 0 Å². The van der Waals surface area contributed by atoms with Crippen molar-refractivity contribution in [3.63, 3.8) is 0 Å². The van der Waals surface area contributed by atoms with Crippen LogP contribution in [-0.2, 0) is 6.42 Å². The molecule has 0 spiro atoms. The van der Waals surface area contributed by atoms with Gasteiger partial charge in [0.05, 0.1) is 6.61 Å². The van der Waals surface area contributed by atoms with E-state index in [-0.39, 0.29) is 0 Å². The van der Waals surface area contributed by atoms with E-state index in [9.17, 15) is 0 Å². The molecule has 0 saturated heterocycles. The maximum Gasteiger partial charge on any atom is 0.126 e. The molecule has 0 aromatic heterocycles. The van der Waals surface area contributed by atoms with E-state index in [1.165, 1.54) is 36.1 Å². The first-order valence-electron chi connectivity index (χ1n) is 6.82. The average Bonchev–Trinajstić information content (AvgIpc) is 3.04. The SMILES string of the molecule is CC(CCNC1CC1)c1cccc2c1OCC2. The van der Waals surface area contributed by atoms with Gasteiger partial charge in [0.1, 0.15) is 5.75 Å². The molecule has 2 nitrogen and oxygen atoms in total. The Morgan fingerprint density at radius 2 is 2.29 bits per heavy atom. The molecule has 1 aliphatic carbocycles. The van der Waals surface area contributed by atoms with Crippen LogP contribution in [0.15, 0.2) is 18.2 Å². The summed E-state index contributed by atoms with van der Waals surface area (Å²) in [7, 11) is 0. The molecular formula is C15H21NO. The molecule has 3 rings (SSSR count). The second-order valence-corrected chi connectivity index (χ2v) is 5.35. The summed E-state index contributed by atoms with van der Waals surface area (Å²) in [5, 5.41) is 3.58. The van der Waals surface area contributed by atoms with Crippen LogP contribution < -0.4 is 10.1 Å². The number of hydrogen-bond acceptors (Lipinski definition) is 2. The molecule has 2 heteroatoms. The summed E-state index contributed by atoms with van der Waals surface area (Å²) >= 11 is 0. The van der Waals surface area contributed by atoms with Crippen LogP contribution in [-0.4, -0.2) is 19.2 Å². The van der Waals surface area contributed by atoms with Gasteiger partial charge in [0.15, 0.2) is 0 Å². The highest BCUT2D eigenvalue weighted by Crippen LogP contribution is 2.35. The zero-order valence-electron chi connectivity index (χ0n) is 10.5. The number of nitrogens with one attached hydrogen (secondary N) is 1. The van der Waals surface area contributed by atoms with Crippen molar-refractivity contribution >= 4 is 0 Å². The topological polar surface area (TPSA) is 21.3 Å². The molecule has 0 amide bonds. The largest absolute Gasteiger partial charge is 0.493 e. The molecule has 1 aromatic rings. The van der Waals surface area contributed by atoms with Crippen LogP contribution in [0.5, 0.6) is 5.75 Å². The molecule has 17 heavy (non-hydrogen) atoms. The van der Waals surface area contributed by atoms with E-state index in [4.69, 9.17) is 4.74 Å². The van der Waals surface area contributed by atoms with Crippen molar-refractivity contribution in [3.8, 4) is 5.75 Å². The molecular weight excluding hydrogens is 210 g/mol. The first-order chi connectivity index (χ1) is 8.34.